The summed E-state index contributed by atoms with van der Waals surface area (Å²) in [6, 6.07) is 0. The topological polar surface area (TPSA) is 76.0 Å². The summed E-state index contributed by atoms with van der Waals surface area (Å²) in [5.74, 6) is -0.278. The predicted octanol–water partition coefficient (Wildman–Crippen LogP) is 2.96. The van der Waals surface area contributed by atoms with E-state index in [2.05, 4.69) is 6.92 Å². The molecule has 0 spiro atoms. The van der Waals surface area contributed by atoms with Crippen molar-refractivity contribution in [3.63, 3.8) is 0 Å². The molecule has 0 bridgehead atoms. The number of ether oxygens (including phenoxy) is 2. The first kappa shape index (κ1) is 20.4. The Bertz CT molecular complexity index is 308. The van der Waals surface area contributed by atoms with Crippen LogP contribution in [-0.2, 0) is 14.3 Å². The van der Waals surface area contributed by atoms with Gasteiger partial charge >= 0.3 is 5.97 Å². The van der Waals surface area contributed by atoms with Gasteiger partial charge in [-0.1, -0.05) is 58.3 Å². The van der Waals surface area contributed by atoms with Crippen LogP contribution in [-0.4, -0.2) is 47.7 Å². The Morgan fingerprint density at radius 1 is 1.13 bits per heavy atom. The smallest absolute Gasteiger partial charge is 0.305 e. The first-order valence-electron chi connectivity index (χ1n) is 9.28. The Balaban J connectivity index is 1.92. The van der Waals surface area contributed by atoms with Gasteiger partial charge in [-0.3, -0.25) is 4.79 Å². The number of esters is 1. The number of hydrogen-bond acceptors (Lipinski definition) is 5. The van der Waals surface area contributed by atoms with E-state index in [1.54, 1.807) is 0 Å². The highest BCUT2D eigenvalue weighted by atomic mass is 16.6. The molecule has 0 aromatic heterocycles. The van der Waals surface area contributed by atoms with Gasteiger partial charge in [-0.25, -0.2) is 0 Å². The van der Waals surface area contributed by atoms with Crippen LogP contribution in [0.2, 0.25) is 0 Å². The van der Waals surface area contributed by atoms with Gasteiger partial charge in [-0.15, -0.1) is 0 Å². The van der Waals surface area contributed by atoms with E-state index in [1.807, 2.05) is 0 Å². The van der Waals surface area contributed by atoms with Crippen molar-refractivity contribution >= 4 is 5.97 Å². The summed E-state index contributed by atoms with van der Waals surface area (Å²) in [5, 5.41) is 19.4. The fourth-order valence-electron chi connectivity index (χ4n) is 2.89. The average molecular weight is 330 g/mol. The lowest BCUT2D eigenvalue weighted by molar-refractivity contribution is -0.151. The summed E-state index contributed by atoms with van der Waals surface area (Å²) in [4.78, 5) is 11.6. The number of rotatable bonds is 13. The Labute approximate surface area is 140 Å². The van der Waals surface area contributed by atoms with E-state index in [4.69, 9.17) is 9.47 Å². The van der Waals surface area contributed by atoms with Gasteiger partial charge in [0, 0.05) is 13.0 Å². The molecule has 3 atom stereocenters. The van der Waals surface area contributed by atoms with Crippen LogP contribution in [0.5, 0.6) is 0 Å². The van der Waals surface area contributed by atoms with Crippen molar-refractivity contribution < 1.29 is 24.5 Å². The third-order valence-electron chi connectivity index (χ3n) is 4.38. The van der Waals surface area contributed by atoms with Crippen molar-refractivity contribution in [3.8, 4) is 0 Å². The Hall–Kier alpha value is -0.650. The molecule has 1 aliphatic heterocycles. The van der Waals surface area contributed by atoms with Crippen LogP contribution < -0.4 is 0 Å². The van der Waals surface area contributed by atoms with Crippen LogP contribution in [0.4, 0.5) is 0 Å². The lowest BCUT2D eigenvalue weighted by atomic mass is 10.1. The van der Waals surface area contributed by atoms with Crippen LogP contribution in [0.1, 0.15) is 77.6 Å². The maximum atomic E-state index is 11.6. The number of aliphatic hydroxyl groups is 2. The summed E-state index contributed by atoms with van der Waals surface area (Å²) in [6.45, 7) is 2.56. The molecule has 0 aromatic rings. The molecule has 1 saturated heterocycles. The molecule has 0 radical (unpaired) electrons. The molecule has 1 heterocycles. The SMILES string of the molecule is CCCCCCCCCCCC(=O)OCC(O)C1OCCC1O. The molecule has 136 valence electrons. The molecule has 5 heteroatoms. The average Bonchev–Trinajstić information content (AvgIpc) is 2.97. The molecule has 0 amide bonds. The molecular weight excluding hydrogens is 296 g/mol. The zero-order valence-corrected chi connectivity index (χ0v) is 14.5. The maximum Gasteiger partial charge on any atom is 0.305 e. The van der Waals surface area contributed by atoms with E-state index in [0.717, 1.165) is 12.8 Å². The molecule has 0 aromatic carbocycles. The highest BCUT2D eigenvalue weighted by Crippen LogP contribution is 2.17. The molecule has 3 unspecified atom stereocenters. The van der Waals surface area contributed by atoms with Crippen molar-refractivity contribution in [3.05, 3.63) is 0 Å². The maximum absolute atomic E-state index is 11.6. The summed E-state index contributed by atoms with van der Waals surface area (Å²) >= 11 is 0. The second-order valence-electron chi connectivity index (χ2n) is 6.52. The fraction of sp³-hybridized carbons (Fsp3) is 0.944. The monoisotopic (exact) mass is 330 g/mol. The van der Waals surface area contributed by atoms with Crippen LogP contribution in [0.25, 0.3) is 0 Å². The van der Waals surface area contributed by atoms with Crippen molar-refractivity contribution in [2.24, 2.45) is 0 Å². The van der Waals surface area contributed by atoms with Crippen LogP contribution in [0, 0.1) is 0 Å². The first-order valence-corrected chi connectivity index (χ1v) is 9.28. The lowest BCUT2D eigenvalue weighted by Crippen LogP contribution is -2.38. The molecule has 5 nitrogen and oxygen atoms in total. The largest absolute Gasteiger partial charge is 0.463 e. The van der Waals surface area contributed by atoms with Gasteiger partial charge in [0.1, 0.15) is 18.8 Å². The van der Waals surface area contributed by atoms with Crippen molar-refractivity contribution in [2.45, 2.75) is 95.9 Å². The standard InChI is InChI=1S/C18H34O5/c1-2-3-4-5-6-7-8-9-10-11-17(21)23-14-16(20)18-15(19)12-13-22-18/h15-16,18-20H,2-14H2,1H3. The van der Waals surface area contributed by atoms with Gasteiger partial charge in [-0.05, 0) is 12.8 Å². The first-order chi connectivity index (χ1) is 11.1. The number of carbonyl (C=O) groups excluding carboxylic acids is 1. The quantitative estimate of drug-likeness (QED) is 0.401. The van der Waals surface area contributed by atoms with Crippen molar-refractivity contribution in [1.29, 1.82) is 0 Å². The zero-order valence-electron chi connectivity index (χ0n) is 14.5. The molecule has 1 fully saturated rings. The Morgan fingerprint density at radius 3 is 2.30 bits per heavy atom. The molecule has 0 aliphatic carbocycles. The molecular formula is C18H34O5. The minimum absolute atomic E-state index is 0.0992. The van der Waals surface area contributed by atoms with E-state index in [1.165, 1.54) is 44.9 Å². The summed E-state index contributed by atoms with van der Waals surface area (Å²) in [5.41, 5.74) is 0. The van der Waals surface area contributed by atoms with E-state index in [9.17, 15) is 15.0 Å². The van der Waals surface area contributed by atoms with Gasteiger partial charge in [0.15, 0.2) is 0 Å². The van der Waals surface area contributed by atoms with Crippen LogP contribution >= 0.6 is 0 Å². The van der Waals surface area contributed by atoms with E-state index in [0.29, 0.717) is 19.4 Å². The third-order valence-corrected chi connectivity index (χ3v) is 4.38. The van der Waals surface area contributed by atoms with Crippen LogP contribution in [0.3, 0.4) is 0 Å². The molecule has 1 aliphatic rings. The van der Waals surface area contributed by atoms with E-state index < -0.39 is 18.3 Å². The Morgan fingerprint density at radius 2 is 1.74 bits per heavy atom. The normalized spacial score (nSPS) is 22.2. The highest BCUT2D eigenvalue weighted by molar-refractivity contribution is 5.69. The molecule has 2 N–H and O–H groups in total. The zero-order chi connectivity index (χ0) is 16.9. The van der Waals surface area contributed by atoms with Gasteiger partial charge in [0.25, 0.3) is 0 Å². The molecule has 1 rings (SSSR count). The van der Waals surface area contributed by atoms with Crippen molar-refractivity contribution in [2.75, 3.05) is 13.2 Å². The summed E-state index contributed by atoms with van der Waals surface area (Å²) < 4.78 is 10.3. The minimum Gasteiger partial charge on any atom is -0.463 e. The third kappa shape index (κ3) is 9.28. The minimum atomic E-state index is -0.945. The van der Waals surface area contributed by atoms with Gasteiger partial charge in [0.2, 0.25) is 0 Å². The summed E-state index contributed by atoms with van der Waals surface area (Å²) in [6.07, 6.45) is 9.55. The van der Waals surface area contributed by atoms with E-state index in [-0.39, 0.29) is 12.6 Å². The van der Waals surface area contributed by atoms with Crippen molar-refractivity contribution in [1.82, 2.24) is 0 Å². The van der Waals surface area contributed by atoms with Gasteiger partial charge < -0.3 is 19.7 Å². The molecule has 23 heavy (non-hydrogen) atoms. The lowest BCUT2D eigenvalue weighted by Gasteiger charge is -2.20. The predicted molar refractivity (Wildman–Crippen MR) is 89.2 cm³/mol. The van der Waals surface area contributed by atoms with E-state index >= 15 is 0 Å². The number of unbranched alkanes of at least 4 members (excludes halogenated alkanes) is 8. The second kappa shape index (κ2) is 12.7. The number of carbonyl (C=O) groups is 1. The second-order valence-corrected chi connectivity index (χ2v) is 6.52. The molecule has 0 saturated carbocycles. The van der Waals surface area contributed by atoms with Crippen LogP contribution in [0.15, 0.2) is 0 Å². The van der Waals surface area contributed by atoms with Gasteiger partial charge in [-0.2, -0.15) is 0 Å². The fourth-order valence-corrected chi connectivity index (χ4v) is 2.89. The number of hydrogen-bond donors (Lipinski definition) is 2. The van der Waals surface area contributed by atoms with Gasteiger partial charge in [0.05, 0.1) is 6.10 Å². The summed E-state index contributed by atoms with van der Waals surface area (Å²) in [7, 11) is 0. The number of aliphatic hydroxyl groups excluding tert-OH is 2. The Kier molecular flexibility index (Phi) is 11.3. The highest BCUT2D eigenvalue weighted by Gasteiger charge is 2.33.